The number of hydrogen-bond acceptors (Lipinski definition) is 11. The molecule has 0 bridgehead atoms. The quantitative estimate of drug-likeness (QED) is 0.285. The van der Waals surface area contributed by atoms with Gasteiger partial charge in [-0.3, -0.25) is 13.9 Å². The van der Waals surface area contributed by atoms with E-state index in [2.05, 4.69) is 10.1 Å². The van der Waals surface area contributed by atoms with Crippen molar-refractivity contribution in [3.63, 3.8) is 0 Å². The molecule has 1 aromatic heterocycles. The van der Waals surface area contributed by atoms with Crippen LogP contribution in [0.5, 0.6) is 5.75 Å². The molecule has 206 valence electrons. The fraction of sp³-hybridized carbons (Fsp3) is 0.478. The number of anilines is 1. The lowest BCUT2D eigenvalue weighted by Crippen LogP contribution is -2.55. The van der Waals surface area contributed by atoms with Crippen LogP contribution in [0, 0.1) is 11.3 Å². The van der Waals surface area contributed by atoms with Crippen molar-refractivity contribution in [1.29, 1.82) is 5.26 Å². The van der Waals surface area contributed by atoms with Gasteiger partial charge in [0.1, 0.15) is 35.9 Å². The van der Waals surface area contributed by atoms with Crippen molar-refractivity contribution in [2.45, 2.75) is 63.4 Å². The summed E-state index contributed by atoms with van der Waals surface area (Å²) in [6.45, 7) is 4.74. The molecule has 1 aliphatic rings. The maximum absolute atomic E-state index is 15.9. The number of benzene rings is 1. The number of hydrogen-bond donors (Lipinski definition) is 3. The SMILES string of the molecule is CC(C)OC(=O)[C@H](C)N[P@](=O)(OC[C@H]1O[C@@](C#N)(n2ccc(N)nc2=O)[C@](C)(F)[C@@H]1O)Oc1ccccc1. The van der Waals surface area contributed by atoms with Gasteiger partial charge in [-0.15, -0.1) is 0 Å². The number of carbonyl (C=O) groups is 1. The third kappa shape index (κ3) is 5.87. The van der Waals surface area contributed by atoms with Crippen LogP contribution in [0.2, 0.25) is 0 Å². The average Bonchev–Trinajstić information content (AvgIpc) is 3.03. The van der Waals surface area contributed by atoms with Crippen molar-refractivity contribution in [3.8, 4) is 11.8 Å². The number of nitriles is 1. The van der Waals surface area contributed by atoms with E-state index in [9.17, 15) is 24.5 Å². The predicted molar refractivity (Wildman–Crippen MR) is 131 cm³/mol. The second-order valence-electron chi connectivity index (χ2n) is 8.97. The van der Waals surface area contributed by atoms with Crippen LogP contribution in [-0.2, 0) is 29.1 Å². The van der Waals surface area contributed by atoms with Crippen LogP contribution in [0.25, 0.3) is 0 Å². The Morgan fingerprint density at radius 2 is 2.03 bits per heavy atom. The molecule has 15 heteroatoms. The first-order valence-corrected chi connectivity index (χ1v) is 13.1. The molecular formula is C23H29FN5O8P. The summed E-state index contributed by atoms with van der Waals surface area (Å²) in [6.07, 6.45) is -3.08. The smallest absolute Gasteiger partial charge is 0.459 e. The van der Waals surface area contributed by atoms with Crippen molar-refractivity contribution >= 4 is 19.5 Å². The van der Waals surface area contributed by atoms with E-state index >= 15 is 4.39 Å². The number of nitrogens with one attached hydrogen (secondary N) is 1. The van der Waals surface area contributed by atoms with Gasteiger partial charge >= 0.3 is 19.4 Å². The maximum Gasteiger partial charge on any atom is 0.459 e. The summed E-state index contributed by atoms with van der Waals surface area (Å²) < 4.78 is 51.8. The molecule has 1 fully saturated rings. The number of aromatic nitrogens is 2. The third-order valence-electron chi connectivity index (χ3n) is 5.64. The molecule has 0 radical (unpaired) electrons. The van der Waals surface area contributed by atoms with Gasteiger partial charge in [-0.25, -0.2) is 13.8 Å². The van der Waals surface area contributed by atoms with E-state index in [0.29, 0.717) is 4.57 Å². The third-order valence-corrected chi connectivity index (χ3v) is 7.29. The molecule has 0 spiro atoms. The number of ether oxygens (including phenoxy) is 2. The van der Waals surface area contributed by atoms with Crippen molar-refractivity contribution in [3.05, 3.63) is 53.1 Å². The summed E-state index contributed by atoms with van der Waals surface area (Å²) in [7, 11) is -4.40. The van der Waals surface area contributed by atoms with E-state index in [-0.39, 0.29) is 11.6 Å². The summed E-state index contributed by atoms with van der Waals surface area (Å²) in [5.74, 6) is -0.803. The Bertz CT molecular complexity index is 1300. The molecular weight excluding hydrogens is 524 g/mol. The second kappa shape index (κ2) is 11.2. The van der Waals surface area contributed by atoms with E-state index in [4.69, 9.17) is 24.3 Å². The van der Waals surface area contributed by atoms with Gasteiger partial charge in [-0.2, -0.15) is 15.3 Å². The number of carbonyl (C=O) groups excluding carboxylic acids is 1. The standard InChI is InChI=1S/C23H29FN5O8P/c1-14(2)35-20(31)15(3)28-38(33,37-16-8-6-5-7-9-16)34-12-17-19(30)22(4,24)23(13-25,36-17)29-11-10-18(26)27-21(29)32/h5-11,14-15,17,19,30H,12H2,1-4H3,(H,28,33)(H2,26,27,32)/t15-,17+,19+,22+,23+,38-/m0/s1. The van der Waals surface area contributed by atoms with E-state index < -0.39 is 61.8 Å². The Morgan fingerprint density at radius 3 is 2.61 bits per heavy atom. The minimum absolute atomic E-state index is 0.113. The van der Waals surface area contributed by atoms with Gasteiger partial charge in [0.25, 0.3) is 5.72 Å². The normalized spacial score (nSPS) is 27.3. The van der Waals surface area contributed by atoms with Crippen molar-refractivity contribution in [2.75, 3.05) is 12.3 Å². The van der Waals surface area contributed by atoms with Crippen LogP contribution in [0.15, 0.2) is 47.4 Å². The molecule has 0 aliphatic carbocycles. The Morgan fingerprint density at radius 1 is 1.37 bits per heavy atom. The predicted octanol–water partition coefficient (Wildman–Crippen LogP) is 1.62. The van der Waals surface area contributed by atoms with Crippen LogP contribution >= 0.6 is 7.75 Å². The first kappa shape index (κ1) is 29.2. The number of esters is 1. The Balaban J connectivity index is 1.88. The highest BCUT2D eigenvalue weighted by Gasteiger charge is 2.67. The largest absolute Gasteiger partial charge is 0.462 e. The number of nitrogens with zero attached hydrogens (tertiary/aromatic N) is 3. The Hall–Kier alpha value is -3.34. The van der Waals surface area contributed by atoms with E-state index in [1.807, 2.05) is 0 Å². The molecule has 0 saturated carbocycles. The van der Waals surface area contributed by atoms with E-state index in [1.54, 1.807) is 38.1 Å². The Labute approximate surface area is 217 Å². The van der Waals surface area contributed by atoms with Gasteiger partial charge < -0.3 is 24.8 Å². The van der Waals surface area contributed by atoms with E-state index in [0.717, 1.165) is 19.2 Å². The van der Waals surface area contributed by atoms with Gasteiger partial charge in [0.2, 0.25) is 0 Å². The minimum Gasteiger partial charge on any atom is -0.462 e. The number of aliphatic hydroxyl groups is 1. The second-order valence-corrected chi connectivity index (χ2v) is 10.7. The molecule has 1 aromatic carbocycles. The average molecular weight is 553 g/mol. The minimum atomic E-state index is -4.40. The first-order chi connectivity index (χ1) is 17.7. The fourth-order valence-electron chi connectivity index (χ4n) is 3.72. The number of alkyl halides is 1. The van der Waals surface area contributed by atoms with Crippen LogP contribution < -0.4 is 21.0 Å². The number of nitrogen functional groups attached to an aromatic ring is 1. The highest BCUT2D eigenvalue weighted by atomic mass is 31.2. The van der Waals surface area contributed by atoms with Gasteiger partial charge in [0, 0.05) is 6.20 Å². The van der Waals surface area contributed by atoms with Crippen LogP contribution in [0.4, 0.5) is 10.2 Å². The first-order valence-electron chi connectivity index (χ1n) is 11.5. The molecule has 0 amide bonds. The van der Waals surface area contributed by atoms with Gasteiger partial charge in [-0.1, -0.05) is 18.2 Å². The van der Waals surface area contributed by atoms with Gasteiger partial charge in [0.15, 0.2) is 5.67 Å². The highest BCUT2D eigenvalue weighted by Crippen LogP contribution is 2.49. The van der Waals surface area contributed by atoms with Crippen LogP contribution in [-0.4, -0.2) is 57.3 Å². The van der Waals surface area contributed by atoms with Crippen LogP contribution in [0.3, 0.4) is 0 Å². The lowest BCUT2D eigenvalue weighted by atomic mass is 9.90. The lowest BCUT2D eigenvalue weighted by molar-refractivity contribution is -0.149. The summed E-state index contributed by atoms with van der Waals surface area (Å²) in [6, 6.07) is 9.45. The molecule has 4 N–H and O–H groups in total. The maximum atomic E-state index is 15.9. The number of halogens is 1. The molecule has 2 heterocycles. The molecule has 1 aliphatic heterocycles. The lowest BCUT2D eigenvalue weighted by Gasteiger charge is -2.32. The zero-order valence-corrected chi connectivity index (χ0v) is 22.0. The summed E-state index contributed by atoms with van der Waals surface area (Å²) in [5.41, 5.74) is -1.13. The molecule has 3 rings (SSSR count). The number of para-hydroxylation sites is 1. The van der Waals surface area contributed by atoms with Gasteiger partial charge in [0.05, 0.1) is 12.7 Å². The molecule has 6 atom stereocenters. The monoisotopic (exact) mass is 553 g/mol. The molecule has 0 unspecified atom stereocenters. The number of aliphatic hydroxyl groups excluding tert-OH is 1. The van der Waals surface area contributed by atoms with Crippen molar-refractivity contribution < 1.29 is 37.4 Å². The fourth-order valence-corrected chi connectivity index (χ4v) is 5.22. The van der Waals surface area contributed by atoms with Crippen molar-refractivity contribution in [2.24, 2.45) is 0 Å². The molecule has 1 saturated heterocycles. The van der Waals surface area contributed by atoms with Crippen LogP contribution in [0.1, 0.15) is 27.7 Å². The molecule has 38 heavy (non-hydrogen) atoms. The topological polar surface area (TPSA) is 188 Å². The molecule has 2 aromatic rings. The Kier molecular flexibility index (Phi) is 8.60. The number of rotatable bonds is 10. The van der Waals surface area contributed by atoms with Crippen molar-refractivity contribution in [1.82, 2.24) is 14.6 Å². The number of nitrogens with two attached hydrogens (primary N) is 1. The highest BCUT2D eigenvalue weighted by molar-refractivity contribution is 7.52. The van der Waals surface area contributed by atoms with E-state index in [1.165, 1.54) is 19.1 Å². The summed E-state index contributed by atoms with van der Waals surface area (Å²) >= 11 is 0. The summed E-state index contributed by atoms with van der Waals surface area (Å²) in [5, 5.41) is 23.1. The zero-order valence-electron chi connectivity index (χ0n) is 21.1. The summed E-state index contributed by atoms with van der Waals surface area (Å²) in [4.78, 5) is 28.2. The molecule has 13 nitrogen and oxygen atoms in total. The zero-order chi connectivity index (χ0) is 28.3. The van der Waals surface area contributed by atoms with Gasteiger partial charge in [-0.05, 0) is 45.9 Å².